The molecular weight excluding hydrogens is 292 g/mol. The van der Waals surface area contributed by atoms with Gasteiger partial charge in [-0.3, -0.25) is 0 Å². The number of rotatable bonds is 6. The van der Waals surface area contributed by atoms with Crippen molar-refractivity contribution in [3.05, 3.63) is 23.7 Å². The molecule has 3 N–H and O–H groups in total. The van der Waals surface area contributed by atoms with Crippen LogP contribution in [0.3, 0.4) is 0 Å². The van der Waals surface area contributed by atoms with Gasteiger partial charge in [0, 0.05) is 0 Å². The molecule has 0 aliphatic rings. The zero-order chi connectivity index (χ0) is 15.3. The fraction of sp³-hybridized carbons (Fsp3) is 0.400. The van der Waals surface area contributed by atoms with Gasteiger partial charge >= 0.3 is 22.3 Å². The molecule has 0 fully saturated rings. The van der Waals surface area contributed by atoms with E-state index in [2.05, 4.69) is 4.74 Å². The first kappa shape index (κ1) is 16.0. The molecule has 0 atom stereocenters. The summed E-state index contributed by atoms with van der Waals surface area (Å²) in [5, 5.41) is 8.62. The van der Waals surface area contributed by atoms with E-state index in [1.807, 2.05) is 4.72 Å². The second kappa shape index (κ2) is 6.39. The van der Waals surface area contributed by atoms with Gasteiger partial charge in [0.25, 0.3) is 0 Å². The fourth-order valence-corrected chi connectivity index (χ4v) is 1.81. The number of ether oxygens (including phenoxy) is 1. The van der Waals surface area contributed by atoms with Gasteiger partial charge in [0.1, 0.15) is 5.76 Å². The third-order valence-electron chi connectivity index (χ3n) is 1.87. The SMILES string of the molecule is CC(C)OC(=O)NS(=O)(=O)NCc1ccc(C(=O)O)o1. The topological polar surface area (TPSA) is 135 Å². The molecule has 9 nitrogen and oxygen atoms in total. The summed E-state index contributed by atoms with van der Waals surface area (Å²) in [5.74, 6) is -1.49. The molecule has 0 aromatic carbocycles. The van der Waals surface area contributed by atoms with Crippen LogP contribution in [0.4, 0.5) is 4.79 Å². The van der Waals surface area contributed by atoms with Crippen molar-refractivity contribution in [2.75, 3.05) is 0 Å². The lowest BCUT2D eigenvalue weighted by Crippen LogP contribution is -2.40. The molecule has 0 bridgehead atoms. The van der Waals surface area contributed by atoms with Gasteiger partial charge in [-0.1, -0.05) is 0 Å². The summed E-state index contributed by atoms with van der Waals surface area (Å²) >= 11 is 0. The molecule has 112 valence electrons. The minimum Gasteiger partial charge on any atom is -0.475 e. The van der Waals surface area contributed by atoms with Gasteiger partial charge in [0.2, 0.25) is 5.76 Å². The Bertz CT molecular complexity index is 591. The van der Waals surface area contributed by atoms with E-state index in [-0.39, 0.29) is 18.1 Å². The van der Waals surface area contributed by atoms with Crippen LogP contribution in [-0.4, -0.2) is 31.7 Å². The molecule has 1 heterocycles. The average molecular weight is 306 g/mol. The molecule has 1 rings (SSSR count). The first-order valence-electron chi connectivity index (χ1n) is 5.49. The summed E-state index contributed by atoms with van der Waals surface area (Å²) in [6.07, 6.45) is -1.58. The maximum Gasteiger partial charge on any atom is 0.422 e. The predicted molar refractivity (Wildman–Crippen MR) is 66.2 cm³/mol. The monoisotopic (exact) mass is 306 g/mol. The van der Waals surface area contributed by atoms with Gasteiger partial charge in [-0.25, -0.2) is 14.3 Å². The molecular formula is C10H14N2O7S. The summed E-state index contributed by atoms with van der Waals surface area (Å²) < 4.78 is 36.0. The molecule has 0 aliphatic heterocycles. The normalized spacial score (nSPS) is 11.3. The molecule has 1 aromatic heterocycles. The van der Waals surface area contributed by atoms with Crippen molar-refractivity contribution in [2.24, 2.45) is 0 Å². The van der Waals surface area contributed by atoms with Crippen LogP contribution in [0.5, 0.6) is 0 Å². The largest absolute Gasteiger partial charge is 0.475 e. The number of nitrogens with one attached hydrogen (secondary N) is 2. The molecule has 1 amide bonds. The minimum atomic E-state index is -4.12. The van der Waals surface area contributed by atoms with E-state index in [4.69, 9.17) is 9.52 Å². The highest BCUT2D eigenvalue weighted by Gasteiger charge is 2.17. The fourth-order valence-electron chi connectivity index (χ4n) is 1.14. The third-order valence-corrected chi connectivity index (χ3v) is 2.83. The van der Waals surface area contributed by atoms with Crippen LogP contribution in [-0.2, 0) is 21.5 Å². The molecule has 1 aromatic rings. The molecule has 0 saturated carbocycles. The first-order chi connectivity index (χ1) is 9.19. The van der Waals surface area contributed by atoms with E-state index in [0.29, 0.717) is 0 Å². The van der Waals surface area contributed by atoms with Gasteiger partial charge in [0.05, 0.1) is 12.6 Å². The zero-order valence-corrected chi connectivity index (χ0v) is 11.6. The number of carboxylic acids is 1. The second-order valence-corrected chi connectivity index (χ2v) is 5.45. The van der Waals surface area contributed by atoms with E-state index >= 15 is 0 Å². The molecule has 0 unspecified atom stereocenters. The average Bonchev–Trinajstić information content (AvgIpc) is 2.73. The summed E-state index contributed by atoms with van der Waals surface area (Å²) in [6, 6.07) is 2.49. The number of carboxylic acid groups (broad SMARTS) is 1. The third kappa shape index (κ3) is 5.28. The summed E-state index contributed by atoms with van der Waals surface area (Å²) in [7, 11) is -4.12. The van der Waals surface area contributed by atoms with Crippen molar-refractivity contribution >= 4 is 22.3 Å². The van der Waals surface area contributed by atoms with Crippen LogP contribution < -0.4 is 9.44 Å². The van der Waals surface area contributed by atoms with Gasteiger partial charge < -0.3 is 14.3 Å². The van der Waals surface area contributed by atoms with Gasteiger partial charge in [-0.2, -0.15) is 13.1 Å². The Morgan fingerprint density at radius 2 is 2.05 bits per heavy atom. The van der Waals surface area contributed by atoms with Crippen LogP contribution in [0, 0.1) is 0 Å². The first-order valence-corrected chi connectivity index (χ1v) is 6.98. The van der Waals surface area contributed by atoms with E-state index in [9.17, 15) is 18.0 Å². The van der Waals surface area contributed by atoms with Gasteiger partial charge in [-0.15, -0.1) is 0 Å². The van der Waals surface area contributed by atoms with Crippen LogP contribution in [0.15, 0.2) is 16.5 Å². The van der Waals surface area contributed by atoms with Crippen molar-refractivity contribution in [2.45, 2.75) is 26.5 Å². The number of hydrogen-bond acceptors (Lipinski definition) is 6. The Morgan fingerprint density at radius 1 is 1.40 bits per heavy atom. The van der Waals surface area contributed by atoms with Crippen LogP contribution >= 0.6 is 0 Å². The number of carbonyl (C=O) groups is 2. The molecule has 0 aliphatic carbocycles. The van der Waals surface area contributed by atoms with E-state index < -0.39 is 28.4 Å². The number of furan rings is 1. The van der Waals surface area contributed by atoms with Crippen LogP contribution in [0.1, 0.15) is 30.2 Å². The lowest BCUT2D eigenvalue weighted by Gasteiger charge is -2.10. The maximum absolute atomic E-state index is 11.5. The Kier molecular flexibility index (Phi) is 5.11. The Labute approximate surface area is 115 Å². The zero-order valence-electron chi connectivity index (χ0n) is 10.7. The predicted octanol–water partition coefficient (Wildman–Crippen LogP) is 0.447. The highest BCUT2D eigenvalue weighted by molar-refractivity contribution is 7.88. The van der Waals surface area contributed by atoms with E-state index in [0.717, 1.165) is 0 Å². The van der Waals surface area contributed by atoms with Crippen molar-refractivity contribution in [3.8, 4) is 0 Å². The highest BCUT2D eigenvalue weighted by atomic mass is 32.2. The standard InChI is InChI=1S/C10H14N2O7S/c1-6(2)18-10(15)12-20(16,17)11-5-7-3-4-8(19-7)9(13)14/h3-4,6,11H,5H2,1-2H3,(H,12,15)(H,13,14). The summed E-state index contributed by atoms with van der Waals surface area (Å²) in [6.45, 7) is 2.82. The lowest BCUT2D eigenvalue weighted by molar-refractivity contribution is 0.0660. The van der Waals surface area contributed by atoms with Gasteiger partial charge in [0.15, 0.2) is 0 Å². The Hall–Kier alpha value is -2.07. The van der Waals surface area contributed by atoms with Crippen LogP contribution in [0.2, 0.25) is 0 Å². The number of aromatic carboxylic acids is 1. The molecule has 0 saturated heterocycles. The molecule has 10 heteroatoms. The Morgan fingerprint density at radius 3 is 2.55 bits per heavy atom. The maximum atomic E-state index is 11.5. The quantitative estimate of drug-likeness (QED) is 0.694. The van der Waals surface area contributed by atoms with Crippen molar-refractivity contribution in [3.63, 3.8) is 0 Å². The van der Waals surface area contributed by atoms with Crippen molar-refractivity contribution in [1.82, 2.24) is 9.44 Å². The molecule has 20 heavy (non-hydrogen) atoms. The Balaban J connectivity index is 2.54. The van der Waals surface area contributed by atoms with Crippen LogP contribution in [0.25, 0.3) is 0 Å². The van der Waals surface area contributed by atoms with Gasteiger partial charge in [-0.05, 0) is 26.0 Å². The van der Waals surface area contributed by atoms with E-state index in [1.165, 1.54) is 12.1 Å². The molecule has 0 radical (unpaired) electrons. The number of carbonyl (C=O) groups excluding carboxylic acids is 1. The minimum absolute atomic E-state index is 0.0880. The smallest absolute Gasteiger partial charge is 0.422 e. The van der Waals surface area contributed by atoms with Crippen molar-refractivity contribution < 1.29 is 32.3 Å². The number of hydrogen-bond donors (Lipinski definition) is 3. The lowest BCUT2D eigenvalue weighted by atomic mass is 10.4. The highest BCUT2D eigenvalue weighted by Crippen LogP contribution is 2.07. The van der Waals surface area contributed by atoms with Crippen molar-refractivity contribution in [1.29, 1.82) is 0 Å². The summed E-state index contributed by atoms with van der Waals surface area (Å²) in [5.41, 5.74) is 0. The van der Waals surface area contributed by atoms with E-state index in [1.54, 1.807) is 18.6 Å². The molecule has 0 spiro atoms. The second-order valence-electron chi connectivity index (χ2n) is 3.95. The summed E-state index contributed by atoms with van der Waals surface area (Å²) in [4.78, 5) is 21.7. The number of amides is 1.